The summed E-state index contributed by atoms with van der Waals surface area (Å²) >= 11 is 0. The second-order valence-corrected chi connectivity index (χ2v) is 7.51. The summed E-state index contributed by atoms with van der Waals surface area (Å²) in [5.41, 5.74) is 1.19. The molecule has 0 spiro atoms. The Morgan fingerprint density at radius 2 is 1.83 bits per heavy atom. The van der Waals surface area contributed by atoms with Crippen LogP contribution in [0.2, 0.25) is 0 Å². The van der Waals surface area contributed by atoms with Gasteiger partial charge >= 0.3 is 0 Å². The summed E-state index contributed by atoms with van der Waals surface area (Å²) in [6.07, 6.45) is 4.15. The number of rotatable bonds is 5. The molecule has 130 valence electrons. The van der Waals surface area contributed by atoms with Crippen molar-refractivity contribution in [3.05, 3.63) is 35.9 Å². The maximum atomic E-state index is 12.8. The first-order chi connectivity index (χ1) is 11.6. The van der Waals surface area contributed by atoms with Gasteiger partial charge in [0.05, 0.1) is 12.0 Å². The number of carbonyl (C=O) groups excluding carboxylic acids is 2. The number of nitrogens with one attached hydrogen (secondary N) is 1. The molecule has 1 saturated heterocycles. The Balaban J connectivity index is 1.64. The average Bonchev–Trinajstić information content (AvgIpc) is 3.44. The van der Waals surface area contributed by atoms with Gasteiger partial charge in [0, 0.05) is 19.0 Å². The van der Waals surface area contributed by atoms with Gasteiger partial charge in [0.15, 0.2) is 0 Å². The van der Waals surface area contributed by atoms with Crippen LogP contribution in [0.15, 0.2) is 30.3 Å². The summed E-state index contributed by atoms with van der Waals surface area (Å²) in [6.45, 7) is 5.19. The van der Waals surface area contributed by atoms with Crippen molar-refractivity contribution in [1.29, 1.82) is 0 Å². The van der Waals surface area contributed by atoms with Crippen LogP contribution in [0.4, 0.5) is 0 Å². The smallest absolute Gasteiger partial charge is 0.225 e. The lowest BCUT2D eigenvalue weighted by Crippen LogP contribution is -2.47. The Hall–Kier alpha value is -1.84. The van der Waals surface area contributed by atoms with Crippen LogP contribution in [-0.2, 0) is 9.59 Å². The summed E-state index contributed by atoms with van der Waals surface area (Å²) < 4.78 is 0. The summed E-state index contributed by atoms with van der Waals surface area (Å²) in [5.74, 6) is 0.751. The summed E-state index contributed by atoms with van der Waals surface area (Å²) in [5, 5.41) is 3.28. The molecular weight excluding hydrogens is 300 g/mol. The minimum absolute atomic E-state index is 0.00431. The predicted molar refractivity (Wildman–Crippen MR) is 94.2 cm³/mol. The highest BCUT2D eigenvalue weighted by molar-refractivity contribution is 5.82. The van der Waals surface area contributed by atoms with Crippen LogP contribution in [0.5, 0.6) is 0 Å². The van der Waals surface area contributed by atoms with Gasteiger partial charge in [-0.1, -0.05) is 44.2 Å². The molecule has 1 aliphatic heterocycles. The molecule has 1 aliphatic carbocycles. The van der Waals surface area contributed by atoms with Crippen LogP contribution in [0.25, 0.3) is 0 Å². The summed E-state index contributed by atoms with van der Waals surface area (Å²) in [6, 6.07) is 10.4. The van der Waals surface area contributed by atoms with Crippen LogP contribution < -0.4 is 5.32 Å². The third kappa shape index (κ3) is 3.97. The molecule has 1 aromatic carbocycles. The van der Waals surface area contributed by atoms with Crippen molar-refractivity contribution in [1.82, 2.24) is 10.2 Å². The van der Waals surface area contributed by atoms with Gasteiger partial charge < -0.3 is 10.2 Å². The Morgan fingerprint density at radius 1 is 1.12 bits per heavy atom. The van der Waals surface area contributed by atoms with E-state index in [2.05, 4.69) is 17.4 Å². The normalized spacial score (nSPS) is 22.3. The third-order valence-electron chi connectivity index (χ3n) is 5.15. The molecule has 0 bridgehead atoms. The summed E-state index contributed by atoms with van der Waals surface area (Å²) in [7, 11) is 0. The van der Waals surface area contributed by atoms with Crippen molar-refractivity contribution in [2.45, 2.75) is 45.6 Å². The van der Waals surface area contributed by atoms with Crippen molar-refractivity contribution in [3.8, 4) is 0 Å². The molecule has 0 unspecified atom stereocenters. The van der Waals surface area contributed by atoms with Crippen molar-refractivity contribution < 1.29 is 9.59 Å². The number of likely N-dealkylation sites (tertiary alicyclic amines) is 1. The first-order valence-electron chi connectivity index (χ1n) is 9.20. The molecule has 4 heteroatoms. The molecule has 3 rings (SSSR count). The lowest BCUT2D eigenvalue weighted by atomic mass is 9.94. The van der Waals surface area contributed by atoms with Gasteiger partial charge in [-0.15, -0.1) is 0 Å². The van der Waals surface area contributed by atoms with Crippen molar-refractivity contribution in [2.24, 2.45) is 17.8 Å². The van der Waals surface area contributed by atoms with E-state index in [0.29, 0.717) is 12.5 Å². The minimum Gasteiger partial charge on any atom is -0.349 e. The molecule has 2 aliphatic rings. The van der Waals surface area contributed by atoms with E-state index in [-0.39, 0.29) is 29.7 Å². The molecule has 24 heavy (non-hydrogen) atoms. The molecule has 2 fully saturated rings. The zero-order chi connectivity index (χ0) is 17.1. The van der Waals surface area contributed by atoms with Gasteiger partial charge in [-0.25, -0.2) is 0 Å². The molecule has 1 saturated carbocycles. The van der Waals surface area contributed by atoms with Crippen molar-refractivity contribution >= 4 is 11.8 Å². The highest BCUT2D eigenvalue weighted by Gasteiger charge is 2.36. The maximum absolute atomic E-state index is 12.8. The highest BCUT2D eigenvalue weighted by atomic mass is 16.2. The van der Waals surface area contributed by atoms with E-state index < -0.39 is 0 Å². The number of amides is 2. The third-order valence-corrected chi connectivity index (χ3v) is 5.15. The molecule has 0 radical (unpaired) electrons. The number of hydrogen-bond acceptors (Lipinski definition) is 2. The molecule has 1 N–H and O–H groups in total. The molecule has 2 amide bonds. The summed E-state index contributed by atoms with van der Waals surface area (Å²) in [4.78, 5) is 26.9. The quantitative estimate of drug-likeness (QED) is 0.903. The van der Waals surface area contributed by atoms with Gasteiger partial charge in [0.25, 0.3) is 0 Å². The first-order valence-corrected chi connectivity index (χ1v) is 9.20. The number of benzene rings is 1. The van der Waals surface area contributed by atoms with Crippen LogP contribution in [0, 0.1) is 17.8 Å². The molecule has 1 aromatic rings. The lowest BCUT2D eigenvalue weighted by Gasteiger charge is -2.34. The first kappa shape index (κ1) is 17.0. The monoisotopic (exact) mass is 328 g/mol. The minimum atomic E-state index is -0.0774. The molecular formula is C20H28N2O2. The number of carbonyl (C=O) groups is 2. The Bertz CT molecular complexity index is 581. The number of hydrogen-bond donors (Lipinski definition) is 1. The second kappa shape index (κ2) is 7.37. The fourth-order valence-corrected chi connectivity index (χ4v) is 3.59. The largest absolute Gasteiger partial charge is 0.349 e. The van der Waals surface area contributed by atoms with E-state index in [0.717, 1.165) is 19.4 Å². The zero-order valence-electron chi connectivity index (χ0n) is 14.7. The van der Waals surface area contributed by atoms with Crippen LogP contribution in [0.1, 0.15) is 51.1 Å². The highest BCUT2D eigenvalue weighted by Crippen LogP contribution is 2.41. The van der Waals surface area contributed by atoms with Gasteiger partial charge in [0.2, 0.25) is 11.8 Å². The van der Waals surface area contributed by atoms with E-state index in [4.69, 9.17) is 0 Å². The predicted octanol–water partition coefficient (Wildman–Crippen LogP) is 3.15. The second-order valence-electron chi connectivity index (χ2n) is 7.51. The van der Waals surface area contributed by atoms with E-state index in [9.17, 15) is 9.59 Å². The van der Waals surface area contributed by atoms with E-state index in [1.807, 2.05) is 36.9 Å². The lowest BCUT2D eigenvalue weighted by molar-refractivity contribution is -0.138. The van der Waals surface area contributed by atoms with Crippen LogP contribution in [-0.4, -0.2) is 29.8 Å². The average molecular weight is 328 g/mol. The molecule has 0 aromatic heterocycles. The molecule has 1 heterocycles. The Kier molecular flexibility index (Phi) is 5.22. The van der Waals surface area contributed by atoms with E-state index in [1.54, 1.807) is 0 Å². The molecule has 2 atom stereocenters. The van der Waals surface area contributed by atoms with Crippen LogP contribution >= 0.6 is 0 Å². The van der Waals surface area contributed by atoms with Crippen LogP contribution in [0.3, 0.4) is 0 Å². The maximum Gasteiger partial charge on any atom is 0.225 e. The zero-order valence-corrected chi connectivity index (χ0v) is 14.7. The van der Waals surface area contributed by atoms with E-state index >= 15 is 0 Å². The fourth-order valence-electron chi connectivity index (χ4n) is 3.59. The van der Waals surface area contributed by atoms with Gasteiger partial charge in [-0.3, -0.25) is 9.59 Å². The standard InChI is InChI=1S/C20H28N2O2/c1-14(2)20(24)22-12-6-9-17(13-22)19(23)21-18(16-10-11-16)15-7-4-3-5-8-15/h3-5,7-8,14,16-18H,6,9-13H2,1-2H3,(H,21,23)/t17-,18+/m0/s1. The Labute approximate surface area is 144 Å². The molecule has 4 nitrogen and oxygen atoms in total. The van der Waals surface area contributed by atoms with E-state index in [1.165, 1.54) is 18.4 Å². The fraction of sp³-hybridized carbons (Fsp3) is 0.600. The van der Waals surface area contributed by atoms with Crippen molar-refractivity contribution in [2.75, 3.05) is 13.1 Å². The number of piperidine rings is 1. The number of nitrogens with zero attached hydrogens (tertiary/aromatic N) is 1. The van der Waals surface area contributed by atoms with Gasteiger partial charge in [-0.05, 0) is 37.2 Å². The topological polar surface area (TPSA) is 49.4 Å². The van der Waals surface area contributed by atoms with Crippen molar-refractivity contribution in [3.63, 3.8) is 0 Å². The van der Waals surface area contributed by atoms with Gasteiger partial charge in [0.1, 0.15) is 0 Å². The van der Waals surface area contributed by atoms with Gasteiger partial charge in [-0.2, -0.15) is 0 Å². The SMILES string of the molecule is CC(C)C(=O)N1CCC[C@H](C(=O)N[C@H](c2ccccc2)C2CC2)C1. The Morgan fingerprint density at radius 3 is 2.46 bits per heavy atom.